The van der Waals surface area contributed by atoms with E-state index in [1.54, 1.807) is 11.8 Å². The van der Waals surface area contributed by atoms with E-state index in [1.165, 1.54) is 0 Å². The zero-order valence-corrected chi connectivity index (χ0v) is 16.8. The summed E-state index contributed by atoms with van der Waals surface area (Å²) < 4.78 is 5.52. The van der Waals surface area contributed by atoms with Crippen LogP contribution < -0.4 is 0 Å². The fourth-order valence-electron chi connectivity index (χ4n) is 3.11. The van der Waals surface area contributed by atoms with E-state index in [0.717, 1.165) is 32.5 Å². The number of carbonyl (C=O) groups is 1. The van der Waals surface area contributed by atoms with Crippen molar-refractivity contribution in [1.82, 2.24) is 4.98 Å². The third kappa shape index (κ3) is 3.87. The Morgan fingerprint density at radius 1 is 1.12 bits per heavy atom. The van der Waals surface area contributed by atoms with E-state index < -0.39 is 0 Å². The maximum atomic E-state index is 12.5. The molecule has 0 bridgehead atoms. The molecule has 1 heterocycles. The van der Waals surface area contributed by atoms with Crippen molar-refractivity contribution in [3.8, 4) is 0 Å². The monoisotopic (exact) mass is 385 g/mol. The van der Waals surface area contributed by atoms with Crippen LogP contribution in [0.25, 0.3) is 10.9 Å². The molecule has 0 aliphatic carbocycles. The SMILES string of the molecule is CSc1ccc2cc(COC(=O)c3c(C)cc(C)cc3C)c(Cl)nc2c1. The summed E-state index contributed by atoms with van der Waals surface area (Å²) in [4.78, 5) is 18.1. The van der Waals surface area contributed by atoms with E-state index in [4.69, 9.17) is 16.3 Å². The smallest absolute Gasteiger partial charge is 0.339 e. The fraction of sp³-hybridized carbons (Fsp3) is 0.238. The first-order chi connectivity index (χ1) is 12.4. The van der Waals surface area contributed by atoms with Crippen LogP contribution in [0.2, 0.25) is 5.15 Å². The first-order valence-electron chi connectivity index (χ1n) is 8.27. The van der Waals surface area contributed by atoms with Crippen LogP contribution in [0.1, 0.15) is 32.6 Å². The Balaban J connectivity index is 1.83. The Labute approximate surface area is 162 Å². The highest BCUT2D eigenvalue weighted by molar-refractivity contribution is 7.98. The highest BCUT2D eigenvalue weighted by Crippen LogP contribution is 2.26. The van der Waals surface area contributed by atoms with Crippen LogP contribution in [0.3, 0.4) is 0 Å². The molecule has 0 fully saturated rings. The Bertz CT molecular complexity index is 978. The molecule has 1 aromatic heterocycles. The van der Waals surface area contributed by atoms with E-state index >= 15 is 0 Å². The van der Waals surface area contributed by atoms with Gasteiger partial charge in [-0.1, -0.05) is 35.4 Å². The molecule has 3 aromatic rings. The molecule has 2 aromatic carbocycles. The molecule has 0 aliphatic rings. The van der Waals surface area contributed by atoms with Crippen LogP contribution in [0, 0.1) is 20.8 Å². The highest BCUT2D eigenvalue weighted by atomic mass is 35.5. The summed E-state index contributed by atoms with van der Waals surface area (Å²) in [6, 6.07) is 11.9. The van der Waals surface area contributed by atoms with E-state index in [2.05, 4.69) is 4.98 Å². The summed E-state index contributed by atoms with van der Waals surface area (Å²) in [5.74, 6) is -0.339. The van der Waals surface area contributed by atoms with Crippen molar-refractivity contribution < 1.29 is 9.53 Å². The maximum absolute atomic E-state index is 12.5. The molecular formula is C21H20ClNO2S. The van der Waals surface area contributed by atoms with Gasteiger partial charge in [-0.25, -0.2) is 9.78 Å². The second-order valence-corrected chi connectivity index (χ2v) is 7.58. The molecule has 0 unspecified atom stereocenters. The van der Waals surface area contributed by atoms with Gasteiger partial charge >= 0.3 is 5.97 Å². The van der Waals surface area contributed by atoms with Crippen LogP contribution in [-0.4, -0.2) is 17.2 Å². The Kier molecular flexibility index (Phi) is 5.54. The number of esters is 1. The van der Waals surface area contributed by atoms with Gasteiger partial charge in [0.2, 0.25) is 0 Å². The first-order valence-corrected chi connectivity index (χ1v) is 9.87. The molecule has 3 nitrogen and oxygen atoms in total. The van der Waals surface area contributed by atoms with Crippen LogP contribution >= 0.6 is 23.4 Å². The normalized spacial score (nSPS) is 11.0. The van der Waals surface area contributed by atoms with Crippen LogP contribution in [0.15, 0.2) is 41.3 Å². The lowest BCUT2D eigenvalue weighted by molar-refractivity contribution is 0.0471. The predicted octanol–water partition coefficient (Wildman–Crippen LogP) is 5.89. The van der Waals surface area contributed by atoms with Crippen molar-refractivity contribution in [2.75, 3.05) is 6.26 Å². The number of nitrogens with zero attached hydrogens (tertiary/aromatic N) is 1. The number of hydrogen-bond acceptors (Lipinski definition) is 4. The van der Waals surface area contributed by atoms with E-state index in [0.29, 0.717) is 16.3 Å². The summed E-state index contributed by atoms with van der Waals surface area (Å²) >= 11 is 7.96. The second kappa shape index (κ2) is 7.68. The Morgan fingerprint density at radius 2 is 1.81 bits per heavy atom. The fourth-order valence-corrected chi connectivity index (χ4v) is 3.75. The second-order valence-electron chi connectivity index (χ2n) is 6.35. The number of aryl methyl sites for hydroxylation is 3. The van der Waals surface area contributed by atoms with Crippen molar-refractivity contribution in [1.29, 1.82) is 0 Å². The number of carbonyl (C=O) groups excluding carboxylic acids is 1. The quantitative estimate of drug-likeness (QED) is 0.319. The van der Waals surface area contributed by atoms with Gasteiger partial charge in [0.05, 0.1) is 11.1 Å². The zero-order valence-electron chi connectivity index (χ0n) is 15.2. The third-order valence-corrected chi connectivity index (χ3v) is 5.34. The largest absolute Gasteiger partial charge is 0.457 e. The van der Waals surface area contributed by atoms with Crippen LogP contribution in [0.4, 0.5) is 0 Å². The molecule has 0 spiro atoms. The molecule has 0 atom stereocenters. The lowest BCUT2D eigenvalue weighted by atomic mass is 10.00. The molecule has 134 valence electrons. The Hall–Kier alpha value is -2.04. The zero-order chi connectivity index (χ0) is 18.8. The van der Waals surface area contributed by atoms with Crippen LogP contribution in [-0.2, 0) is 11.3 Å². The average molecular weight is 386 g/mol. The lowest BCUT2D eigenvalue weighted by Gasteiger charge is -2.12. The van der Waals surface area contributed by atoms with Crippen LogP contribution in [0.5, 0.6) is 0 Å². The van der Waals surface area contributed by atoms with Gasteiger partial charge in [0.25, 0.3) is 0 Å². The van der Waals surface area contributed by atoms with Crippen molar-refractivity contribution in [2.24, 2.45) is 0 Å². The average Bonchev–Trinajstić information content (AvgIpc) is 2.58. The minimum atomic E-state index is -0.339. The minimum Gasteiger partial charge on any atom is -0.457 e. The van der Waals surface area contributed by atoms with Gasteiger partial charge in [-0.15, -0.1) is 11.8 Å². The molecule has 5 heteroatoms. The van der Waals surface area contributed by atoms with Gasteiger partial charge in [0.1, 0.15) is 11.8 Å². The Morgan fingerprint density at radius 3 is 2.46 bits per heavy atom. The van der Waals surface area contributed by atoms with Gasteiger partial charge in [-0.05, 0) is 56.4 Å². The van der Waals surface area contributed by atoms with Gasteiger partial charge in [0.15, 0.2) is 0 Å². The molecule has 0 aliphatic heterocycles. The minimum absolute atomic E-state index is 0.0949. The molecule has 0 saturated heterocycles. The van der Waals surface area contributed by atoms with Crippen molar-refractivity contribution in [3.63, 3.8) is 0 Å². The number of ether oxygens (including phenoxy) is 1. The lowest BCUT2D eigenvalue weighted by Crippen LogP contribution is -2.10. The summed E-state index contributed by atoms with van der Waals surface area (Å²) in [7, 11) is 0. The number of rotatable bonds is 4. The molecule has 0 saturated carbocycles. The number of fused-ring (bicyclic) bond motifs is 1. The molecule has 3 rings (SSSR count). The van der Waals surface area contributed by atoms with E-state index in [9.17, 15) is 4.79 Å². The number of thioether (sulfide) groups is 1. The molecule has 26 heavy (non-hydrogen) atoms. The highest BCUT2D eigenvalue weighted by Gasteiger charge is 2.15. The van der Waals surface area contributed by atoms with Crippen molar-refractivity contribution >= 4 is 40.2 Å². The standard InChI is InChI=1S/C21H20ClNO2S/c1-12-7-13(2)19(14(3)8-12)21(24)25-11-16-9-15-5-6-17(26-4)10-18(15)23-20(16)22/h5-10H,11H2,1-4H3. The number of hydrogen-bond donors (Lipinski definition) is 0. The third-order valence-electron chi connectivity index (χ3n) is 4.29. The van der Waals surface area contributed by atoms with Gasteiger partial charge in [0, 0.05) is 15.8 Å². The molecule has 0 radical (unpaired) electrons. The summed E-state index contributed by atoms with van der Waals surface area (Å²) in [5.41, 5.74) is 5.11. The summed E-state index contributed by atoms with van der Waals surface area (Å²) in [6.45, 7) is 5.95. The van der Waals surface area contributed by atoms with Crippen molar-refractivity contribution in [3.05, 3.63) is 69.4 Å². The topological polar surface area (TPSA) is 39.2 Å². The number of aromatic nitrogens is 1. The predicted molar refractivity (Wildman–Crippen MR) is 108 cm³/mol. The number of pyridine rings is 1. The number of benzene rings is 2. The van der Waals surface area contributed by atoms with Crippen molar-refractivity contribution in [2.45, 2.75) is 32.3 Å². The summed E-state index contributed by atoms with van der Waals surface area (Å²) in [6.07, 6.45) is 2.02. The molecular weight excluding hydrogens is 366 g/mol. The van der Waals surface area contributed by atoms with Gasteiger partial charge in [-0.2, -0.15) is 0 Å². The maximum Gasteiger partial charge on any atom is 0.339 e. The van der Waals surface area contributed by atoms with E-state index in [-0.39, 0.29) is 12.6 Å². The number of halogens is 1. The van der Waals surface area contributed by atoms with Gasteiger partial charge in [-0.3, -0.25) is 0 Å². The molecule has 0 amide bonds. The van der Waals surface area contributed by atoms with Gasteiger partial charge < -0.3 is 4.74 Å². The summed E-state index contributed by atoms with van der Waals surface area (Å²) in [5, 5.41) is 1.34. The molecule has 0 N–H and O–H groups in total. The first kappa shape index (κ1) is 18.7. The van der Waals surface area contributed by atoms with E-state index in [1.807, 2.05) is 63.4 Å².